The third-order valence-corrected chi connectivity index (χ3v) is 1.85. The zero-order chi connectivity index (χ0) is 10.3. The minimum absolute atomic E-state index is 0.227. The standard InChI is InChI=1S/C10H19NO2/c1-4-11(7-5-9(2)3)8-6-10(12)13/h5H,4,6-8H2,1-3H3,(H,12,13). The lowest BCUT2D eigenvalue weighted by Crippen LogP contribution is -2.26. The highest BCUT2D eigenvalue weighted by Crippen LogP contribution is 1.95. The van der Waals surface area contributed by atoms with E-state index in [0.717, 1.165) is 13.1 Å². The summed E-state index contributed by atoms with van der Waals surface area (Å²) in [7, 11) is 0. The van der Waals surface area contributed by atoms with E-state index in [0.29, 0.717) is 6.54 Å². The van der Waals surface area contributed by atoms with E-state index in [1.807, 2.05) is 20.8 Å². The Labute approximate surface area is 80.0 Å². The number of rotatable bonds is 6. The molecule has 0 spiro atoms. The highest BCUT2D eigenvalue weighted by molar-refractivity contribution is 5.66. The van der Waals surface area contributed by atoms with Gasteiger partial charge in [-0.05, 0) is 20.4 Å². The summed E-state index contributed by atoms with van der Waals surface area (Å²) in [6.45, 7) is 8.52. The van der Waals surface area contributed by atoms with Crippen molar-refractivity contribution in [3.05, 3.63) is 11.6 Å². The van der Waals surface area contributed by atoms with Crippen molar-refractivity contribution in [2.75, 3.05) is 19.6 Å². The van der Waals surface area contributed by atoms with Gasteiger partial charge in [-0.2, -0.15) is 0 Å². The molecule has 0 saturated carbocycles. The number of carboxylic acids is 1. The number of aliphatic carboxylic acids is 1. The molecule has 3 nitrogen and oxygen atoms in total. The topological polar surface area (TPSA) is 40.5 Å². The summed E-state index contributed by atoms with van der Waals surface area (Å²) in [5.74, 6) is -0.726. The number of hydrogen-bond acceptors (Lipinski definition) is 2. The van der Waals surface area contributed by atoms with Gasteiger partial charge in [0.25, 0.3) is 0 Å². The Balaban J connectivity index is 3.76. The number of likely N-dealkylation sites (N-methyl/N-ethyl adjacent to an activating group) is 1. The predicted molar refractivity (Wildman–Crippen MR) is 53.8 cm³/mol. The van der Waals surface area contributed by atoms with Gasteiger partial charge in [0.15, 0.2) is 0 Å². The Morgan fingerprint density at radius 3 is 2.46 bits per heavy atom. The summed E-state index contributed by atoms with van der Waals surface area (Å²) in [5.41, 5.74) is 1.27. The highest BCUT2D eigenvalue weighted by Gasteiger charge is 2.02. The lowest BCUT2D eigenvalue weighted by atomic mass is 10.3. The summed E-state index contributed by atoms with van der Waals surface area (Å²) in [6.07, 6.45) is 2.34. The van der Waals surface area contributed by atoms with Crippen LogP contribution in [0.3, 0.4) is 0 Å². The molecule has 0 amide bonds. The average molecular weight is 185 g/mol. The predicted octanol–water partition coefficient (Wildman–Crippen LogP) is 1.75. The molecule has 0 aromatic heterocycles. The van der Waals surface area contributed by atoms with Gasteiger partial charge in [-0.3, -0.25) is 9.69 Å². The third kappa shape index (κ3) is 7.53. The van der Waals surface area contributed by atoms with E-state index in [9.17, 15) is 4.79 Å². The first-order valence-corrected chi connectivity index (χ1v) is 4.63. The van der Waals surface area contributed by atoms with Crippen LogP contribution in [-0.2, 0) is 4.79 Å². The van der Waals surface area contributed by atoms with Gasteiger partial charge >= 0.3 is 5.97 Å². The molecule has 0 aliphatic rings. The molecule has 0 aromatic rings. The minimum Gasteiger partial charge on any atom is -0.481 e. The van der Waals surface area contributed by atoms with Crippen LogP contribution in [0.4, 0.5) is 0 Å². The van der Waals surface area contributed by atoms with Crippen LogP contribution in [0.15, 0.2) is 11.6 Å². The van der Waals surface area contributed by atoms with E-state index in [1.54, 1.807) is 0 Å². The Morgan fingerprint density at radius 2 is 2.08 bits per heavy atom. The fourth-order valence-electron chi connectivity index (χ4n) is 0.944. The molecule has 0 atom stereocenters. The molecule has 1 N–H and O–H groups in total. The molecule has 3 heteroatoms. The molecule has 0 aliphatic carbocycles. The zero-order valence-electron chi connectivity index (χ0n) is 8.71. The molecule has 0 fully saturated rings. The summed E-state index contributed by atoms with van der Waals surface area (Å²) in [5, 5.41) is 8.49. The third-order valence-electron chi connectivity index (χ3n) is 1.85. The van der Waals surface area contributed by atoms with Gasteiger partial charge in [0.2, 0.25) is 0 Å². The van der Waals surface area contributed by atoms with Crippen LogP contribution in [0, 0.1) is 0 Å². The fraction of sp³-hybridized carbons (Fsp3) is 0.700. The van der Waals surface area contributed by atoms with Crippen LogP contribution >= 0.6 is 0 Å². The maximum Gasteiger partial charge on any atom is 0.304 e. The van der Waals surface area contributed by atoms with Gasteiger partial charge in [0.1, 0.15) is 0 Å². The van der Waals surface area contributed by atoms with Crippen molar-refractivity contribution in [3.8, 4) is 0 Å². The number of hydrogen-bond donors (Lipinski definition) is 1. The van der Waals surface area contributed by atoms with E-state index < -0.39 is 5.97 Å². The number of carboxylic acid groups (broad SMARTS) is 1. The quantitative estimate of drug-likeness (QED) is 0.641. The van der Waals surface area contributed by atoms with Crippen LogP contribution < -0.4 is 0 Å². The molecule has 0 saturated heterocycles. The van der Waals surface area contributed by atoms with Crippen molar-refractivity contribution in [3.63, 3.8) is 0 Å². The summed E-state index contributed by atoms with van der Waals surface area (Å²) < 4.78 is 0. The van der Waals surface area contributed by atoms with Crippen molar-refractivity contribution in [1.29, 1.82) is 0 Å². The van der Waals surface area contributed by atoms with E-state index in [2.05, 4.69) is 11.0 Å². The maximum absolute atomic E-state index is 10.3. The van der Waals surface area contributed by atoms with Crippen LogP contribution in [0.2, 0.25) is 0 Å². The first-order valence-electron chi connectivity index (χ1n) is 4.63. The van der Waals surface area contributed by atoms with Crippen molar-refractivity contribution in [1.82, 2.24) is 4.90 Å². The second kappa shape index (κ2) is 6.66. The van der Waals surface area contributed by atoms with Crippen molar-refractivity contribution < 1.29 is 9.90 Å². The van der Waals surface area contributed by atoms with E-state index >= 15 is 0 Å². The highest BCUT2D eigenvalue weighted by atomic mass is 16.4. The molecule has 76 valence electrons. The van der Waals surface area contributed by atoms with Gasteiger partial charge in [-0.1, -0.05) is 18.6 Å². The van der Waals surface area contributed by atoms with Crippen molar-refractivity contribution >= 4 is 5.97 Å². The summed E-state index contributed by atoms with van der Waals surface area (Å²) >= 11 is 0. The first kappa shape index (κ1) is 12.2. The van der Waals surface area contributed by atoms with Crippen LogP contribution in [-0.4, -0.2) is 35.6 Å². The first-order chi connectivity index (χ1) is 6.06. The van der Waals surface area contributed by atoms with Crippen LogP contribution in [0.5, 0.6) is 0 Å². The average Bonchev–Trinajstić information content (AvgIpc) is 2.04. The summed E-state index contributed by atoms with van der Waals surface area (Å²) in [4.78, 5) is 12.4. The smallest absolute Gasteiger partial charge is 0.304 e. The lowest BCUT2D eigenvalue weighted by molar-refractivity contribution is -0.137. The lowest BCUT2D eigenvalue weighted by Gasteiger charge is -2.17. The molecule has 13 heavy (non-hydrogen) atoms. The second-order valence-electron chi connectivity index (χ2n) is 3.32. The Hall–Kier alpha value is -0.830. The van der Waals surface area contributed by atoms with Crippen molar-refractivity contribution in [2.45, 2.75) is 27.2 Å². The monoisotopic (exact) mass is 185 g/mol. The normalized spacial score (nSPS) is 10.2. The largest absolute Gasteiger partial charge is 0.481 e. The van der Waals surface area contributed by atoms with E-state index in [-0.39, 0.29) is 6.42 Å². The van der Waals surface area contributed by atoms with Crippen LogP contribution in [0.1, 0.15) is 27.2 Å². The molecule has 0 aromatic carbocycles. The fourth-order valence-corrected chi connectivity index (χ4v) is 0.944. The Morgan fingerprint density at radius 1 is 1.46 bits per heavy atom. The van der Waals surface area contributed by atoms with Gasteiger partial charge in [-0.25, -0.2) is 0 Å². The molecule has 0 bridgehead atoms. The van der Waals surface area contributed by atoms with E-state index in [4.69, 9.17) is 5.11 Å². The molecule has 0 aliphatic heterocycles. The molecule has 0 heterocycles. The zero-order valence-corrected chi connectivity index (χ0v) is 8.71. The number of nitrogens with zero attached hydrogens (tertiary/aromatic N) is 1. The summed E-state index contributed by atoms with van der Waals surface area (Å²) in [6, 6.07) is 0. The van der Waals surface area contributed by atoms with Crippen molar-refractivity contribution in [2.24, 2.45) is 0 Å². The van der Waals surface area contributed by atoms with Gasteiger partial charge in [-0.15, -0.1) is 0 Å². The SMILES string of the molecule is CCN(CC=C(C)C)CCC(=O)O. The molecular weight excluding hydrogens is 166 g/mol. The Kier molecular flexibility index (Phi) is 6.24. The molecule has 0 radical (unpaired) electrons. The van der Waals surface area contributed by atoms with Gasteiger partial charge in [0.05, 0.1) is 6.42 Å². The molecule has 0 unspecified atom stereocenters. The Bertz CT molecular complexity index is 183. The maximum atomic E-state index is 10.3. The van der Waals surface area contributed by atoms with E-state index in [1.165, 1.54) is 5.57 Å². The molecule has 0 rings (SSSR count). The minimum atomic E-state index is -0.726. The second-order valence-corrected chi connectivity index (χ2v) is 3.32. The van der Waals surface area contributed by atoms with Gasteiger partial charge in [0, 0.05) is 13.1 Å². The van der Waals surface area contributed by atoms with Gasteiger partial charge < -0.3 is 5.11 Å². The number of carbonyl (C=O) groups is 1. The van der Waals surface area contributed by atoms with Crippen LogP contribution in [0.25, 0.3) is 0 Å². The number of allylic oxidation sites excluding steroid dienone is 1. The molecular formula is C10H19NO2.